The number of aromatic nitrogens is 1. The Kier molecular flexibility index (Phi) is 4.41. The molecule has 0 fully saturated rings. The highest BCUT2D eigenvalue weighted by atomic mass is 16.5. The highest BCUT2D eigenvalue weighted by Crippen LogP contribution is 2.09. The molecule has 0 atom stereocenters. The predicted octanol–water partition coefficient (Wildman–Crippen LogP) is 2.54. The largest absolute Gasteiger partial charge is 0.494 e. The van der Waals surface area contributed by atoms with Crippen LogP contribution in [0.3, 0.4) is 0 Å². The number of nitrogens with two attached hydrogens (primary N) is 1. The van der Waals surface area contributed by atoms with Gasteiger partial charge in [0.05, 0.1) is 18.5 Å². The Morgan fingerprint density at radius 2 is 1.94 bits per heavy atom. The van der Waals surface area contributed by atoms with Crippen LogP contribution in [0, 0.1) is 0 Å². The van der Waals surface area contributed by atoms with Crippen LogP contribution in [-0.4, -0.2) is 18.1 Å². The van der Waals surface area contributed by atoms with E-state index in [-0.39, 0.29) is 0 Å². The number of hydrogen-bond acceptors (Lipinski definition) is 4. The number of anilines is 2. The highest BCUT2D eigenvalue weighted by molar-refractivity contribution is 5.45. The van der Waals surface area contributed by atoms with Crippen molar-refractivity contribution in [2.75, 3.05) is 24.2 Å². The van der Waals surface area contributed by atoms with E-state index in [0.717, 1.165) is 24.4 Å². The molecule has 0 aliphatic carbocycles. The third-order valence-electron chi connectivity index (χ3n) is 2.45. The Balaban J connectivity index is 1.63. The SMILES string of the molecule is Nc1ccc(NCCCOc2ccccc2)cn1. The third-order valence-corrected chi connectivity index (χ3v) is 2.45. The summed E-state index contributed by atoms with van der Waals surface area (Å²) in [5, 5.41) is 3.26. The topological polar surface area (TPSA) is 60.2 Å². The third kappa shape index (κ3) is 3.97. The lowest BCUT2D eigenvalue weighted by Gasteiger charge is -2.07. The molecule has 4 nitrogen and oxygen atoms in total. The van der Waals surface area contributed by atoms with E-state index in [1.807, 2.05) is 36.4 Å². The quantitative estimate of drug-likeness (QED) is 0.765. The van der Waals surface area contributed by atoms with Gasteiger partial charge in [-0.15, -0.1) is 0 Å². The first kappa shape index (κ1) is 12.2. The van der Waals surface area contributed by atoms with Crippen molar-refractivity contribution >= 4 is 11.5 Å². The van der Waals surface area contributed by atoms with E-state index in [9.17, 15) is 0 Å². The van der Waals surface area contributed by atoms with Crippen LogP contribution in [0.1, 0.15) is 6.42 Å². The first-order chi connectivity index (χ1) is 8.84. The van der Waals surface area contributed by atoms with Crippen molar-refractivity contribution < 1.29 is 4.74 Å². The molecule has 94 valence electrons. The van der Waals surface area contributed by atoms with Crippen molar-refractivity contribution in [2.24, 2.45) is 0 Å². The van der Waals surface area contributed by atoms with Gasteiger partial charge in [-0.2, -0.15) is 0 Å². The van der Waals surface area contributed by atoms with Crippen LogP contribution in [0.4, 0.5) is 11.5 Å². The van der Waals surface area contributed by atoms with Gasteiger partial charge >= 0.3 is 0 Å². The summed E-state index contributed by atoms with van der Waals surface area (Å²) in [7, 11) is 0. The van der Waals surface area contributed by atoms with Gasteiger partial charge < -0.3 is 15.8 Å². The fourth-order valence-electron chi connectivity index (χ4n) is 1.52. The van der Waals surface area contributed by atoms with Crippen molar-refractivity contribution in [1.82, 2.24) is 4.98 Å². The highest BCUT2D eigenvalue weighted by Gasteiger charge is 1.94. The number of rotatable bonds is 6. The molecule has 0 amide bonds. The van der Waals surface area contributed by atoms with Crippen LogP contribution in [0.5, 0.6) is 5.75 Å². The van der Waals surface area contributed by atoms with E-state index in [1.54, 1.807) is 12.3 Å². The van der Waals surface area contributed by atoms with Gasteiger partial charge in [-0.05, 0) is 30.7 Å². The number of nitrogen functional groups attached to an aromatic ring is 1. The number of nitrogens with one attached hydrogen (secondary N) is 1. The monoisotopic (exact) mass is 243 g/mol. The van der Waals surface area contributed by atoms with Crippen LogP contribution >= 0.6 is 0 Å². The van der Waals surface area contributed by atoms with Gasteiger partial charge in [0, 0.05) is 6.54 Å². The van der Waals surface area contributed by atoms with E-state index >= 15 is 0 Å². The first-order valence-corrected chi connectivity index (χ1v) is 5.98. The predicted molar refractivity (Wildman–Crippen MR) is 73.7 cm³/mol. The summed E-state index contributed by atoms with van der Waals surface area (Å²) >= 11 is 0. The summed E-state index contributed by atoms with van der Waals surface area (Å²) in [6, 6.07) is 13.5. The van der Waals surface area contributed by atoms with Gasteiger partial charge in [0.25, 0.3) is 0 Å². The molecule has 0 bridgehead atoms. The second-order valence-electron chi connectivity index (χ2n) is 3.91. The zero-order valence-corrected chi connectivity index (χ0v) is 10.2. The number of nitrogens with zero attached hydrogens (tertiary/aromatic N) is 1. The summed E-state index contributed by atoms with van der Waals surface area (Å²) in [5.74, 6) is 1.44. The maximum atomic E-state index is 5.59. The maximum Gasteiger partial charge on any atom is 0.123 e. The smallest absolute Gasteiger partial charge is 0.123 e. The normalized spacial score (nSPS) is 10.0. The van der Waals surface area contributed by atoms with Gasteiger partial charge in [0.1, 0.15) is 11.6 Å². The Labute approximate surface area is 107 Å². The van der Waals surface area contributed by atoms with Crippen LogP contribution in [0.2, 0.25) is 0 Å². The molecule has 4 heteroatoms. The second-order valence-corrected chi connectivity index (χ2v) is 3.91. The Bertz CT molecular complexity index is 456. The van der Waals surface area contributed by atoms with Gasteiger partial charge in [0.15, 0.2) is 0 Å². The average molecular weight is 243 g/mol. The molecule has 0 saturated heterocycles. The minimum Gasteiger partial charge on any atom is -0.494 e. The summed E-state index contributed by atoms with van der Waals surface area (Å²) < 4.78 is 5.59. The molecule has 0 spiro atoms. The summed E-state index contributed by atoms with van der Waals surface area (Å²) in [6.45, 7) is 1.54. The van der Waals surface area contributed by atoms with E-state index < -0.39 is 0 Å². The van der Waals surface area contributed by atoms with E-state index in [0.29, 0.717) is 12.4 Å². The number of benzene rings is 1. The molecule has 18 heavy (non-hydrogen) atoms. The van der Waals surface area contributed by atoms with Crippen molar-refractivity contribution in [3.63, 3.8) is 0 Å². The van der Waals surface area contributed by atoms with Crippen molar-refractivity contribution in [2.45, 2.75) is 6.42 Å². The minimum atomic E-state index is 0.535. The minimum absolute atomic E-state index is 0.535. The van der Waals surface area contributed by atoms with Crippen molar-refractivity contribution in [3.05, 3.63) is 48.7 Å². The van der Waals surface area contributed by atoms with Crippen LogP contribution in [-0.2, 0) is 0 Å². The Morgan fingerprint density at radius 1 is 1.11 bits per heavy atom. The zero-order valence-electron chi connectivity index (χ0n) is 10.2. The molecule has 2 aromatic rings. The number of hydrogen-bond donors (Lipinski definition) is 2. The number of pyridine rings is 1. The standard InChI is InChI=1S/C14H17N3O/c15-14-8-7-12(11-17-14)16-9-4-10-18-13-5-2-1-3-6-13/h1-3,5-8,11,16H,4,9-10H2,(H2,15,17). The van der Waals surface area contributed by atoms with Crippen molar-refractivity contribution in [1.29, 1.82) is 0 Å². The molecule has 2 rings (SSSR count). The molecule has 0 saturated carbocycles. The molecule has 1 aromatic heterocycles. The van der Waals surface area contributed by atoms with Gasteiger partial charge in [-0.25, -0.2) is 4.98 Å². The lowest BCUT2D eigenvalue weighted by molar-refractivity contribution is 0.315. The van der Waals surface area contributed by atoms with E-state index in [2.05, 4.69) is 10.3 Å². The summed E-state index contributed by atoms with van der Waals surface area (Å²) in [4.78, 5) is 4.01. The zero-order chi connectivity index (χ0) is 12.6. The van der Waals surface area contributed by atoms with E-state index in [4.69, 9.17) is 10.5 Å². The lowest BCUT2D eigenvalue weighted by Crippen LogP contribution is -2.07. The van der Waals surface area contributed by atoms with Gasteiger partial charge in [0.2, 0.25) is 0 Å². The molecule has 0 radical (unpaired) electrons. The summed E-state index contributed by atoms with van der Waals surface area (Å²) in [6.07, 6.45) is 2.66. The van der Waals surface area contributed by atoms with Crippen LogP contribution in [0.25, 0.3) is 0 Å². The van der Waals surface area contributed by atoms with Gasteiger partial charge in [-0.3, -0.25) is 0 Å². The average Bonchev–Trinajstić information content (AvgIpc) is 2.42. The Hall–Kier alpha value is -2.23. The molecular formula is C14H17N3O. The molecule has 3 N–H and O–H groups in total. The van der Waals surface area contributed by atoms with Crippen LogP contribution < -0.4 is 15.8 Å². The lowest BCUT2D eigenvalue weighted by atomic mass is 10.3. The van der Waals surface area contributed by atoms with Gasteiger partial charge in [-0.1, -0.05) is 18.2 Å². The molecule has 1 aromatic carbocycles. The van der Waals surface area contributed by atoms with Crippen LogP contribution in [0.15, 0.2) is 48.7 Å². The molecular weight excluding hydrogens is 226 g/mol. The second kappa shape index (κ2) is 6.49. The molecule has 0 aliphatic heterocycles. The fourth-order valence-corrected chi connectivity index (χ4v) is 1.52. The maximum absolute atomic E-state index is 5.59. The Morgan fingerprint density at radius 3 is 2.67 bits per heavy atom. The molecule has 0 unspecified atom stereocenters. The van der Waals surface area contributed by atoms with E-state index in [1.165, 1.54) is 0 Å². The number of para-hydroxylation sites is 1. The number of ether oxygens (including phenoxy) is 1. The molecule has 1 heterocycles. The van der Waals surface area contributed by atoms with Crippen molar-refractivity contribution in [3.8, 4) is 5.75 Å². The summed E-state index contributed by atoms with van der Waals surface area (Å²) in [5.41, 5.74) is 6.48. The first-order valence-electron chi connectivity index (χ1n) is 5.98. The fraction of sp³-hybridized carbons (Fsp3) is 0.214. The molecule has 0 aliphatic rings.